The summed E-state index contributed by atoms with van der Waals surface area (Å²) in [6, 6.07) is 0. The van der Waals surface area contributed by atoms with Gasteiger partial charge in [0.25, 0.3) is 0 Å². The molecule has 0 aromatic heterocycles. The Morgan fingerprint density at radius 3 is 2.41 bits per heavy atom. The Hall–Kier alpha value is -0.440. The van der Waals surface area contributed by atoms with Crippen LogP contribution >= 0.6 is 24.0 Å². The van der Waals surface area contributed by atoms with Crippen LogP contribution in [0.3, 0.4) is 0 Å². The largest absolute Gasteiger partial charge is 0.345 e. The summed E-state index contributed by atoms with van der Waals surface area (Å²) in [7, 11) is 1.83. The number of rotatable bonds is 1. The van der Waals surface area contributed by atoms with E-state index in [2.05, 4.69) is 21.1 Å². The van der Waals surface area contributed by atoms with Crippen molar-refractivity contribution in [2.75, 3.05) is 26.7 Å². The molecule has 0 radical (unpaired) electrons. The molecule has 1 heterocycles. The highest BCUT2D eigenvalue weighted by molar-refractivity contribution is 14.0. The van der Waals surface area contributed by atoms with Crippen LogP contribution in [0.2, 0.25) is 0 Å². The molecule has 2 unspecified atom stereocenters. The zero-order valence-electron chi connectivity index (χ0n) is 10.5. The van der Waals surface area contributed by atoms with Gasteiger partial charge in [-0.3, -0.25) is 4.99 Å². The first-order valence-corrected chi connectivity index (χ1v) is 6.24. The van der Waals surface area contributed by atoms with Crippen molar-refractivity contribution in [2.45, 2.75) is 25.7 Å². The summed E-state index contributed by atoms with van der Waals surface area (Å²) in [6.07, 6.45) is 10.9. The minimum atomic E-state index is 0. The lowest BCUT2D eigenvalue weighted by Gasteiger charge is -2.22. The van der Waals surface area contributed by atoms with Crippen LogP contribution in [0.4, 0.5) is 0 Å². The van der Waals surface area contributed by atoms with Crippen LogP contribution in [-0.4, -0.2) is 37.5 Å². The van der Waals surface area contributed by atoms with E-state index in [9.17, 15) is 0 Å². The van der Waals surface area contributed by atoms with E-state index in [1.807, 2.05) is 7.05 Å². The molecule has 0 aromatic carbocycles. The molecule has 96 valence electrons. The minimum absolute atomic E-state index is 0. The molecule has 1 N–H and O–H groups in total. The molecule has 4 heteroatoms. The number of hydrogen-bond acceptors (Lipinski definition) is 1. The lowest BCUT2D eigenvalue weighted by molar-refractivity contribution is 0.299. The summed E-state index contributed by atoms with van der Waals surface area (Å²) in [5.74, 6) is 5.35. The quantitative estimate of drug-likeness (QED) is 0.340. The lowest BCUT2D eigenvalue weighted by atomic mass is 9.82. The molecule has 17 heavy (non-hydrogen) atoms. The van der Waals surface area contributed by atoms with Gasteiger partial charge in [-0.2, -0.15) is 0 Å². The van der Waals surface area contributed by atoms with Gasteiger partial charge in [-0.1, -0.05) is 18.8 Å². The molecular formula is C13H22IN3. The molecule has 2 fully saturated rings. The predicted octanol–water partition coefficient (Wildman–Crippen LogP) is 1.94. The summed E-state index contributed by atoms with van der Waals surface area (Å²) in [5, 5.41) is 3.21. The number of hydrogen-bond donors (Lipinski definition) is 1. The van der Waals surface area contributed by atoms with Crippen LogP contribution < -0.4 is 5.32 Å². The summed E-state index contributed by atoms with van der Waals surface area (Å²) < 4.78 is 0. The number of halogens is 1. The fraction of sp³-hybridized carbons (Fsp3) is 0.769. The Morgan fingerprint density at radius 2 is 1.94 bits per heavy atom. The number of nitrogens with zero attached hydrogens (tertiary/aromatic N) is 2. The Labute approximate surface area is 121 Å². The van der Waals surface area contributed by atoms with E-state index in [-0.39, 0.29) is 24.0 Å². The highest BCUT2D eigenvalue weighted by Crippen LogP contribution is 2.35. The van der Waals surface area contributed by atoms with Crippen molar-refractivity contribution in [3.05, 3.63) is 0 Å². The molecule has 1 saturated carbocycles. The van der Waals surface area contributed by atoms with Gasteiger partial charge >= 0.3 is 0 Å². The summed E-state index contributed by atoms with van der Waals surface area (Å²) in [5.41, 5.74) is 0. The van der Waals surface area contributed by atoms with Crippen molar-refractivity contribution in [3.8, 4) is 12.3 Å². The third-order valence-electron chi connectivity index (χ3n) is 3.84. The number of nitrogens with one attached hydrogen (secondary N) is 1. The van der Waals surface area contributed by atoms with Gasteiger partial charge in [0.15, 0.2) is 5.96 Å². The zero-order valence-corrected chi connectivity index (χ0v) is 12.8. The topological polar surface area (TPSA) is 27.6 Å². The maximum absolute atomic E-state index is 5.26. The van der Waals surface area contributed by atoms with Crippen LogP contribution in [0.25, 0.3) is 0 Å². The Morgan fingerprint density at radius 1 is 1.35 bits per heavy atom. The van der Waals surface area contributed by atoms with Gasteiger partial charge in [-0.25, -0.2) is 0 Å². The normalized spacial score (nSPS) is 28.0. The molecule has 0 bridgehead atoms. The molecule has 1 aliphatic carbocycles. The smallest absolute Gasteiger partial charge is 0.194 e. The molecular weight excluding hydrogens is 325 g/mol. The van der Waals surface area contributed by atoms with E-state index in [1.165, 1.54) is 25.7 Å². The summed E-state index contributed by atoms with van der Waals surface area (Å²) in [4.78, 5) is 6.67. The van der Waals surface area contributed by atoms with Crippen LogP contribution in [-0.2, 0) is 0 Å². The van der Waals surface area contributed by atoms with Gasteiger partial charge < -0.3 is 10.2 Å². The van der Waals surface area contributed by atoms with E-state index >= 15 is 0 Å². The first-order chi connectivity index (χ1) is 7.85. The first-order valence-electron chi connectivity index (χ1n) is 6.24. The van der Waals surface area contributed by atoms with Gasteiger partial charge in [0.2, 0.25) is 0 Å². The standard InChI is InChI=1S/C13H21N3.HI/c1-3-8-15-13(14-2)16-9-11-6-4-5-7-12(11)10-16;/h1,11-12H,4-10H2,2H3,(H,14,15);1H. The average Bonchev–Trinajstić information content (AvgIpc) is 2.73. The second-order valence-corrected chi connectivity index (χ2v) is 4.81. The predicted molar refractivity (Wildman–Crippen MR) is 82.6 cm³/mol. The van der Waals surface area contributed by atoms with Crippen molar-refractivity contribution >= 4 is 29.9 Å². The van der Waals surface area contributed by atoms with E-state index < -0.39 is 0 Å². The van der Waals surface area contributed by atoms with Crippen molar-refractivity contribution in [2.24, 2.45) is 16.8 Å². The third-order valence-corrected chi connectivity index (χ3v) is 3.84. The summed E-state index contributed by atoms with van der Waals surface area (Å²) in [6.45, 7) is 2.89. The highest BCUT2D eigenvalue weighted by Gasteiger charge is 2.35. The van der Waals surface area contributed by atoms with Gasteiger partial charge in [-0.15, -0.1) is 30.4 Å². The van der Waals surface area contributed by atoms with Crippen LogP contribution in [0.5, 0.6) is 0 Å². The van der Waals surface area contributed by atoms with E-state index in [0.717, 1.165) is 30.9 Å². The maximum Gasteiger partial charge on any atom is 0.194 e. The first kappa shape index (κ1) is 14.6. The molecule has 0 aromatic rings. The molecule has 0 spiro atoms. The molecule has 1 saturated heterocycles. The van der Waals surface area contributed by atoms with Crippen molar-refractivity contribution < 1.29 is 0 Å². The highest BCUT2D eigenvalue weighted by atomic mass is 127. The second-order valence-electron chi connectivity index (χ2n) is 4.81. The van der Waals surface area contributed by atoms with Crippen LogP contribution in [0.15, 0.2) is 4.99 Å². The van der Waals surface area contributed by atoms with Crippen molar-refractivity contribution in [3.63, 3.8) is 0 Å². The monoisotopic (exact) mass is 347 g/mol. The SMILES string of the molecule is C#CCNC(=NC)N1CC2CCCCC2C1.I. The Kier molecular flexibility index (Phi) is 6.10. The van der Waals surface area contributed by atoms with Gasteiger partial charge in [0.1, 0.15) is 0 Å². The number of aliphatic imine (C=N–C) groups is 1. The molecule has 1 aliphatic heterocycles. The molecule has 2 atom stereocenters. The zero-order chi connectivity index (χ0) is 11.4. The van der Waals surface area contributed by atoms with Gasteiger partial charge in [0, 0.05) is 20.1 Å². The maximum atomic E-state index is 5.26. The minimum Gasteiger partial charge on any atom is -0.345 e. The fourth-order valence-electron chi connectivity index (χ4n) is 3.04. The number of likely N-dealkylation sites (tertiary alicyclic amines) is 1. The average molecular weight is 347 g/mol. The van der Waals surface area contributed by atoms with Crippen molar-refractivity contribution in [1.29, 1.82) is 0 Å². The third kappa shape index (κ3) is 3.51. The van der Waals surface area contributed by atoms with Gasteiger partial charge in [0.05, 0.1) is 6.54 Å². The number of terminal acetylenes is 1. The van der Waals surface area contributed by atoms with E-state index in [0.29, 0.717) is 6.54 Å². The Balaban J connectivity index is 0.00000144. The van der Waals surface area contributed by atoms with E-state index in [1.54, 1.807) is 0 Å². The Bertz CT molecular complexity index is 294. The molecule has 2 rings (SSSR count). The molecule has 2 aliphatic rings. The van der Waals surface area contributed by atoms with Crippen LogP contribution in [0, 0.1) is 24.2 Å². The van der Waals surface area contributed by atoms with Crippen molar-refractivity contribution in [1.82, 2.24) is 10.2 Å². The fourth-order valence-corrected chi connectivity index (χ4v) is 3.04. The second kappa shape index (κ2) is 7.10. The van der Waals surface area contributed by atoms with E-state index in [4.69, 9.17) is 6.42 Å². The number of guanidine groups is 1. The summed E-state index contributed by atoms with van der Waals surface area (Å²) >= 11 is 0. The van der Waals surface area contributed by atoms with Crippen LogP contribution in [0.1, 0.15) is 25.7 Å². The molecule has 0 amide bonds. The van der Waals surface area contributed by atoms with Gasteiger partial charge in [-0.05, 0) is 24.7 Å². The molecule has 3 nitrogen and oxygen atoms in total. The lowest BCUT2D eigenvalue weighted by Crippen LogP contribution is -2.40. The number of fused-ring (bicyclic) bond motifs is 1.